The second-order valence-corrected chi connectivity index (χ2v) is 8.07. The van der Waals surface area contributed by atoms with Gasteiger partial charge in [-0.1, -0.05) is 0 Å². The van der Waals surface area contributed by atoms with Crippen molar-refractivity contribution in [2.24, 2.45) is 0 Å². The van der Waals surface area contributed by atoms with Crippen LogP contribution < -0.4 is 10.9 Å². The van der Waals surface area contributed by atoms with Gasteiger partial charge in [0.1, 0.15) is 24.7 Å². The van der Waals surface area contributed by atoms with Gasteiger partial charge in [-0.15, -0.1) is 0 Å². The molecule has 2 unspecified atom stereocenters. The summed E-state index contributed by atoms with van der Waals surface area (Å²) in [6, 6.07) is -0.0988. The van der Waals surface area contributed by atoms with Gasteiger partial charge in [0.05, 0.1) is 12.9 Å². The molecule has 0 saturated carbocycles. The molecule has 2 aliphatic heterocycles. The molecule has 0 spiro atoms. The van der Waals surface area contributed by atoms with Crippen molar-refractivity contribution in [3.63, 3.8) is 0 Å². The van der Waals surface area contributed by atoms with Crippen molar-refractivity contribution in [1.82, 2.24) is 19.1 Å². The number of fused-ring (bicyclic) bond motifs is 2. The highest BCUT2D eigenvalue weighted by molar-refractivity contribution is 7.46. The van der Waals surface area contributed by atoms with Crippen LogP contribution in [0.25, 0.3) is 11.2 Å². The van der Waals surface area contributed by atoms with E-state index in [1.165, 1.54) is 10.9 Å². The summed E-state index contributed by atoms with van der Waals surface area (Å²) in [5, 5.41) is 22.7. The number of anilines is 1. The Hall–Kier alpha value is -1.86. The van der Waals surface area contributed by atoms with Crippen molar-refractivity contribution in [2.75, 3.05) is 11.9 Å². The number of rotatable bonds is 4. The van der Waals surface area contributed by atoms with Gasteiger partial charge in [0.15, 0.2) is 11.2 Å². The molecule has 2 aromatic rings. The molecule has 5 N–H and O–H groups in total. The molecular weight excluding hydrogens is 397 g/mol. The van der Waals surface area contributed by atoms with Crippen LogP contribution in [0, 0.1) is 0 Å². The molecule has 13 nitrogen and oxygen atoms in total. The zero-order chi connectivity index (χ0) is 20.2. The largest absolute Gasteiger partial charge is 0.469 e. The number of aliphatic hydroxyl groups is 2. The van der Waals surface area contributed by atoms with Crippen molar-refractivity contribution in [3.8, 4) is 0 Å². The molecule has 154 valence electrons. The molecular formula is C14H20N5O8P. The maximum Gasteiger partial charge on any atom is 0.469 e. The SMILES string of the molecule is CC1CC(O)n2c(nc3c(ncn3[C@H]3C[C@H](OP(=O)(O)O)[C@@H](CO)O3)c2=O)N1. The quantitative estimate of drug-likeness (QED) is 0.387. The van der Waals surface area contributed by atoms with Crippen LogP contribution in [0.2, 0.25) is 0 Å². The van der Waals surface area contributed by atoms with E-state index in [2.05, 4.69) is 15.3 Å². The van der Waals surface area contributed by atoms with E-state index in [0.29, 0.717) is 6.42 Å². The summed E-state index contributed by atoms with van der Waals surface area (Å²) >= 11 is 0. The minimum Gasteiger partial charge on any atom is -0.394 e. The average molecular weight is 417 g/mol. The Labute approximate surface area is 157 Å². The highest BCUT2D eigenvalue weighted by Gasteiger charge is 2.41. The first-order chi connectivity index (χ1) is 13.2. The molecule has 1 saturated heterocycles. The third kappa shape index (κ3) is 3.35. The maximum atomic E-state index is 12.7. The summed E-state index contributed by atoms with van der Waals surface area (Å²) in [6.07, 6.45) is -2.18. The molecule has 1 fully saturated rings. The van der Waals surface area contributed by atoms with Gasteiger partial charge in [-0.25, -0.2) is 14.1 Å². The number of imidazole rings is 1. The lowest BCUT2D eigenvalue weighted by molar-refractivity contribution is -0.0425. The predicted molar refractivity (Wildman–Crippen MR) is 93.3 cm³/mol. The summed E-state index contributed by atoms with van der Waals surface area (Å²) in [6.45, 7) is 1.33. The molecule has 14 heteroatoms. The minimum absolute atomic E-state index is 0.00828. The summed E-state index contributed by atoms with van der Waals surface area (Å²) < 4.78 is 24.1. The van der Waals surface area contributed by atoms with E-state index in [1.54, 1.807) is 0 Å². The third-order valence-corrected chi connectivity index (χ3v) is 5.36. The molecule has 2 aromatic heterocycles. The number of ether oxygens (including phenoxy) is 1. The number of hydrogen-bond acceptors (Lipinski definition) is 9. The monoisotopic (exact) mass is 417 g/mol. The topological polar surface area (TPSA) is 181 Å². The van der Waals surface area contributed by atoms with Crippen molar-refractivity contribution in [3.05, 3.63) is 16.7 Å². The number of nitrogens with one attached hydrogen (secondary N) is 1. The standard InChI is InChI=1S/C14H20N5O8P/c1-6-2-9(21)19-13(22)11-12(17-14(19)16-6)18(5-15-11)10-3-7(8(4-20)26-10)27-28(23,24)25/h5-10,20-21H,2-4H2,1H3,(H,16,17)(H2,23,24,25)/t6?,7-,8+,9?,10+/m0/s1. The van der Waals surface area contributed by atoms with Gasteiger partial charge in [0.2, 0.25) is 5.95 Å². The Balaban J connectivity index is 1.73. The van der Waals surface area contributed by atoms with Crippen LogP contribution in [-0.2, 0) is 13.8 Å². The number of hydrogen-bond donors (Lipinski definition) is 5. The lowest BCUT2D eigenvalue weighted by Gasteiger charge is -2.28. The van der Waals surface area contributed by atoms with Crippen LogP contribution in [0.1, 0.15) is 32.2 Å². The molecule has 0 aliphatic carbocycles. The predicted octanol–water partition coefficient (Wildman–Crippen LogP) is -0.954. The van der Waals surface area contributed by atoms with E-state index in [-0.39, 0.29) is 29.6 Å². The molecule has 0 bridgehead atoms. The highest BCUT2D eigenvalue weighted by Crippen LogP contribution is 2.43. The smallest absolute Gasteiger partial charge is 0.394 e. The van der Waals surface area contributed by atoms with E-state index < -0.39 is 44.7 Å². The van der Waals surface area contributed by atoms with Crippen LogP contribution >= 0.6 is 7.82 Å². The molecule has 5 atom stereocenters. The Kier molecular flexibility index (Phi) is 4.78. The van der Waals surface area contributed by atoms with E-state index in [1.807, 2.05) is 6.92 Å². The second kappa shape index (κ2) is 6.88. The molecule has 4 heterocycles. The van der Waals surface area contributed by atoms with E-state index in [9.17, 15) is 19.6 Å². The maximum absolute atomic E-state index is 12.7. The lowest BCUT2D eigenvalue weighted by Crippen LogP contribution is -2.38. The first-order valence-corrected chi connectivity index (χ1v) is 10.1. The lowest BCUT2D eigenvalue weighted by atomic mass is 10.2. The fourth-order valence-corrected chi connectivity index (χ4v) is 4.17. The third-order valence-electron chi connectivity index (χ3n) is 4.81. The first kappa shape index (κ1) is 19.5. The van der Waals surface area contributed by atoms with Crippen LogP contribution in [0.4, 0.5) is 5.95 Å². The number of nitrogens with zero attached hydrogens (tertiary/aromatic N) is 4. The summed E-state index contributed by atoms with van der Waals surface area (Å²) in [7, 11) is -4.78. The molecule has 0 aromatic carbocycles. The van der Waals surface area contributed by atoms with E-state index in [0.717, 1.165) is 4.57 Å². The Morgan fingerprint density at radius 3 is 2.86 bits per heavy atom. The Morgan fingerprint density at radius 1 is 1.43 bits per heavy atom. The first-order valence-electron chi connectivity index (χ1n) is 8.62. The van der Waals surface area contributed by atoms with Crippen LogP contribution in [0.5, 0.6) is 0 Å². The zero-order valence-corrected chi connectivity index (χ0v) is 15.6. The fourth-order valence-electron chi connectivity index (χ4n) is 3.59. The number of phosphoric ester groups is 1. The number of aromatic nitrogens is 4. The molecule has 4 rings (SSSR count). The highest BCUT2D eigenvalue weighted by atomic mass is 31.2. The van der Waals surface area contributed by atoms with Gasteiger partial charge in [0, 0.05) is 18.9 Å². The summed E-state index contributed by atoms with van der Waals surface area (Å²) in [4.78, 5) is 39.3. The average Bonchev–Trinajstić information content (AvgIpc) is 3.16. The van der Waals surface area contributed by atoms with Crippen molar-refractivity contribution >= 4 is 24.9 Å². The fraction of sp³-hybridized carbons (Fsp3) is 0.643. The van der Waals surface area contributed by atoms with Gasteiger partial charge in [-0.2, -0.15) is 4.98 Å². The van der Waals surface area contributed by atoms with Gasteiger partial charge >= 0.3 is 7.82 Å². The molecule has 0 amide bonds. The zero-order valence-electron chi connectivity index (χ0n) is 14.7. The molecule has 0 radical (unpaired) electrons. The summed E-state index contributed by atoms with van der Waals surface area (Å²) in [5.74, 6) is 0.185. The Bertz CT molecular complexity index is 1000. The summed E-state index contributed by atoms with van der Waals surface area (Å²) in [5.41, 5.74) is -0.323. The van der Waals surface area contributed by atoms with Crippen LogP contribution in [0.3, 0.4) is 0 Å². The van der Waals surface area contributed by atoms with Gasteiger partial charge in [-0.05, 0) is 6.92 Å². The second-order valence-electron chi connectivity index (χ2n) is 6.88. The normalized spacial score (nSPS) is 30.4. The van der Waals surface area contributed by atoms with Crippen LogP contribution in [0.15, 0.2) is 11.1 Å². The number of aliphatic hydroxyl groups excluding tert-OH is 2. The van der Waals surface area contributed by atoms with Crippen molar-refractivity contribution < 1.29 is 33.8 Å². The van der Waals surface area contributed by atoms with Gasteiger partial charge in [0.25, 0.3) is 5.56 Å². The van der Waals surface area contributed by atoms with Crippen molar-refractivity contribution in [1.29, 1.82) is 0 Å². The van der Waals surface area contributed by atoms with E-state index >= 15 is 0 Å². The molecule has 28 heavy (non-hydrogen) atoms. The van der Waals surface area contributed by atoms with Crippen molar-refractivity contribution in [2.45, 2.75) is 50.5 Å². The molecule has 2 aliphatic rings. The minimum atomic E-state index is -4.78. The van der Waals surface area contributed by atoms with Gasteiger partial charge < -0.3 is 30.1 Å². The van der Waals surface area contributed by atoms with E-state index in [4.69, 9.17) is 19.0 Å². The Morgan fingerprint density at radius 2 is 2.18 bits per heavy atom. The van der Waals surface area contributed by atoms with Crippen LogP contribution in [-0.4, -0.2) is 64.0 Å². The van der Waals surface area contributed by atoms with Gasteiger partial charge in [-0.3, -0.25) is 13.9 Å². The number of phosphoric acid groups is 1.